The van der Waals surface area contributed by atoms with Gasteiger partial charge in [0.2, 0.25) is 0 Å². The lowest BCUT2D eigenvalue weighted by Crippen LogP contribution is -2.15. The molecule has 1 atom stereocenters. The van der Waals surface area contributed by atoms with E-state index >= 15 is 0 Å². The lowest BCUT2D eigenvalue weighted by Gasteiger charge is -2.14. The standard InChI is InChI=1S/C13H16N2S/c1-10-3-2-4-11(7-10)12(9-14)8-13-15-5-6-16-13/h2-7,12H,8-9,14H2,1H3. The van der Waals surface area contributed by atoms with Gasteiger partial charge in [-0.15, -0.1) is 11.3 Å². The van der Waals surface area contributed by atoms with Crippen LogP contribution in [0.25, 0.3) is 0 Å². The molecule has 0 aliphatic heterocycles. The maximum atomic E-state index is 5.85. The summed E-state index contributed by atoms with van der Waals surface area (Å²) in [7, 11) is 0. The van der Waals surface area contributed by atoms with Crippen LogP contribution in [0.1, 0.15) is 22.1 Å². The molecular formula is C13H16N2S. The highest BCUT2D eigenvalue weighted by molar-refractivity contribution is 7.09. The summed E-state index contributed by atoms with van der Waals surface area (Å²) in [6.07, 6.45) is 2.79. The summed E-state index contributed by atoms with van der Waals surface area (Å²) >= 11 is 1.70. The zero-order valence-corrected chi connectivity index (χ0v) is 10.2. The molecule has 84 valence electrons. The Hall–Kier alpha value is -1.19. The molecule has 3 heteroatoms. The second-order valence-electron chi connectivity index (χ2n) is 3.98. The molecule has 0 spiro atoms. The van der Waals surface area contributed by atoms with E-state index in [9.17, 15) is 0 Å². The first-order chi connectivity index (χ1) is 7.79. The molecule has 2 rings (SSSR count). The van der Waals surface area contributed by atoms with Crippen LogP contribution in [0.3, 0.4) is 0 Å². The third kappa shape index (κ3) is 2.68. The molecule has 0 radical (unpaired) electrons. The van der Waals surface area contributed by atoms with Crippen molar-refractivity contribution in [1.29, 1.82) is 0 Å². The fourth-order valence-corrected chi connectivity index (χ4v) is 2.52. The molecule has 0 saturated heterocycles. The van der Waals surface area contributed by atoms with E-state index < -0.39 is 0 Å². The van der Waals surface area contributed by atoms with Gasteiger partial charge in [-0.05, 0) is 19.0 Å². The van der Waals surface area contributed by atoms with Crippen LogP contribution in [0.2, 0.25) is 0 Å². The summed E-state index contributed by atoms with van der Waals surface area (Å²) in [5.74, 6) is 0.381. The van der Waals surface area contributed by atoms with Crippen LogP contribution in [-0.4, -0.2) is 11.5 Å². The molecule has 1 aromatic carbocycles. The van der Waals surface area contributed by atoms with Crippen molar-refractivity contribution in [2.75, 3.05) is 6.54 Å². The van der Waals surface area contributed by atoms with Crippen LogP contribution in [0.5, 0.6) is 0 Å². The van der Waals surface area contributed by atoms with Gasteiger partial charge in [0.05, 0.1) is 5.01 Å². The lowest BCUT2D eigenvalue weighted by atomic mass is 9.95. The second-order valence-corrected chi connectivity index (χ2v) is 4.96. The van der Waals surface area contributed by atoms with Crippen molar-refractivity contribution in [2.45, 2.75) is 19.3 Å². The van der Waals surface area contributed by atoms with E-state index in [0.29, 0.717) is 12.5 Å². The van der Waals surface area contributed by atoms with Crippen molar-refractivity contribution in [3.8, 4) is 0 Å². The van der Waals surface area contributed by atoms with Gasteiger partial charge in [0.1, 0.15) is 0 Å². The first-order valence-corrected chi connectivity index (χ1v) is 6.32. The summed E-state index contributed by atoms with van der Waals surface area (Å²) in [5.41, 5.74) is 8.45. The van der Waals surface area contributed by atoms with E-state index in [4.69, 9.17) is 5.73 Å². The molecule has 1 unspecified atom stereocenters. The average molecular weight is 232 g/mol. The quantitative estimate of drug-likeness (QED) is 0.880. The molecule has 0 aliphatic carbocycles. The Kier molecular flexibility index (Phi) is 3.70. The fourth-order valence-electron chi connectivity index (χ4n) is 1.83. The van der Waals surface area contributed by atoms with E-state index in [-0.39, 0.29) is 0 Å². The number of benzene rings is 1. The topological polar surface area (TPSA) is 38.9 Å². The van der Waals surface area contributed by atoms with Crippen molar-refractivity contribution >= 4 is 11.3 Å². The van der Waals surface area contributed by atoms with Gasteiger partial charge in [0, 0.05) is 23.9 Å². The molecule has 1 heterocycles. The van der Waals surface area contributed by atoms with Crippen LogP contribution in [-0.2, 0) is 6.42 Å². The number of aryl methyl sites for hydroxylation is 1. The number of hydrogen-bond donors (Lipinski definition) is 1. The van der Waals surface area contributed by atoms with E-state index in [2.05, 4.69) is 36.2 Å². The fraction of sp³-hybridized carbons (Fsp3) is 0.308. The highest BCUT2D eigenvalue weighted by Crippen LogP contribution is 2.21. The van der Waals surface area contributed by atoms with Gasteiger partial charge < -0.3 is 5.73 Å². The van der Waals surface area contributed by atoms with Gasteiger partial charge in [-0.2, -0.15) is 0 Å². The Bertz CT molecular complexity index is 437. The average Bonchev–Trinajstić information content (AvgIpc) is 2.78. The predicted octanol–water partition coefficient (Wildman–Crippen LogP) is 2.74. The van der Waals surface area contributed by atoms with Crippen LogP contribution >= 0.6 is 11.3 Å². The summed E-state index contributed by atoms with van der Waals surface area (Å²) in [5, 5.41) is 3.18. The zero-order valence-electron chi connectivity index (χ0n) is 9.39. The van der Waals surface area contributed by atoms with Crippen LogP contribution in [0.4, 0.5) is 0 Å². The minimum absolute atomic E-state index is 0.381. The predicted molar refractivity (Wildman–Crippen MR) is 68.8 cm³/mol. The normalized spacial score (nSPS) is 12.6. The lowest BCUT2D eigenvalue weighted by molar-refractivity contribution is 0.690. The number of nitrogens with two attached hydrogens (primary N) is 1. The number of rotatable bonds is 4. The highest BCUT2D eigenvalue weighted by Gasteiger charge is 2.11. The summed E-state index contributed by atoms with van der Waals surface area (Å²) in [6.45, 7) is 2.78. The molecule has 2 N–H and O–H groups in total. The van der Waals surface area contributed by atoms with Gasteiger partial charge in [-0.1, -0.05) is 29.8 Å². The van der Waals surface area contributed by atoms with Gasteiger partial charge in [0.25, 0.3) is 0 Å². The Morgan fingerprint density at radius 3 is 2.94 bits per heavy atom. The van der Waals surface area contributed by atoms with Crippen molar-refractivity contribution in [3.63, 3.8) is 0 Å². The van der Waals surface area contributed by atoms with E-state index in [1.54, 1.807) is 11.3 Å². The molecule has 2 nitrogen and oxygen atoms in total. The van der Waals surface area contributed by atoms with E-state index in [1.807, 2.05) is 11.6 Å². The van der Waals surface area contributed by atoms with Crippen molar-refractivity contribution < 1.29 is 0 Å². The molecular weight excluding hydrogens is 216 g/mol. The number of nitrogens with zero attached hydrogens (tertiary/aromatic N) is 1. The van der Waals surface area contributed by atoms with Crippen molar-refractivity contribution in [1.82, 2.24) is 4.98 Å². The van der Waals surface area contributed by atoms with Crippen molar-refractivity contribution in [3.05, 3.63) is 52.0 Å². The Morgan fingerprint density at radius 1 is 1.44 bits per heavy atom. The second kappa shape index (κ2) is 5.23. The summed E-state index contributed by atoms with van der Waals surface area (Å²) in [6, 6.07) is 8.57. The van der Waals surface area contributed by atoms with Crippen LogP contribution < -0.4 is 5.73 Å². The molecule has 16 heavy (non-hydrogen) atoms. The SMILES string of the molecule is Cc1cccc(C(CN)Cc2nccs2)c1. The summed E-state index contributed by atoms with van der Waals surface area (Å²) < 4.78 is 0. The third-order valence-electron chi connectivity index (χ3n) is 2.70. The maximum absolute atomic E-state index is 5.85. The number of hydrogen-bond acceptors (Lipinski definition) is 3. The zero-order chi connectivity index (χ0) is 11.4. The third-order valence-corrected chi connectivity index (χ3v) is 3.50. The van der Waals surface area contributed by atoms with Gasteiger partial charge in [-0.3, -0.25) is 0 Å². The van der Waals surface area contributed by atoms with Crippen LogP contribution in [0.15, 0.2) is 35.8 Å². The Morgan fingerprint density at radius 2 is 2.31 bits per heavy atom. The molecule has 0 aliphatic rings. The monoisotopic (exact) mass is 232 g/mol. The molecule has 2 aromatic rings. The van der Waals surface area contributed by atoms with Gasteiger partial charge >= 0.3 is 0 Å². The van der Waals surface area contributed by atoms with Gasteiger partial charge in [-0.25, -0.2) is 4.98 Å². The van der Waals surface area contributed by atoms with Gasteiger partial charge in [0.15, 0.2) is 0 Å². The highest BCUT2D eigenvalue weighted by atomic mass is 32.1. The Labute approximate surface area is 100 Å². The molecule has 0 fully saturated rings. The van der Waals surface area contributed by atoms with E-state index in [1.165, 1.54) is 11.1 Å². The Balaban J connectivity index is 2.16. The molecule has 0 bridgehead atoms. The molecule has 1 aromatic heterocycles. The minimum atomic E-state index is 0.381. The molecule has 0 amide bonds. The summed E-state index contributed by atoms with van der Waals surface area (Å²) in [4.78, 5) is 4.31. The maximum Gasteiger partial charge on any atom is 0.0931 e. The largest absolute Gasteiger partial charge is 0.330 e. The smallest absolute Gasteiger partial charge is 0.0931 e. The molecule has 0 saturated carbocycles. The van der Waals surface area contributed by atoms with Crippen LogP contribution in [0, 0.1) is 6.92 Å². The minimum Gasteiger partial charge on any atom is -0.330 e. The first-order valence-electron chi connectivity index (χ1n) is 5.44. The first kappa shape index (κ1) is 11.3. The van der Waals surface area contributed by atoms with Crippen molar-refractivity contribution in [2.24, 2.45) is 5.73 Å². The number of aromatic nitrogens is 1. The number of thiazole rings is 1. The van der Waals surface area contributed by atoms with E-state index in [0.717, 1.165) is 11.4 Å².